The zero-order valence-electron chi connectivity index (χ0n) is 15.7. The Balaban J connectivity index is 1.38. The summed E-state index contributed by atoms with van der Waals surface area (Å²) in [6, 6.07) is 14.6. The molecule has 0 aliphatic rings. The van der Waals surface area contributed by atoms with Crippen molar-refractivity contribution >= 4 is 28.2 Å². The lowest BCUT2D eigenvalue weighted by Crippen LogP contribution is -2.40. The fourth-order valence-electron chi connectivity index (χ4n) is 2.96. The van der Waals surface area contributed by atoms with Gasteiger partial charge in [-0.15, -0.1) is 0 Å². The summed E-state index contributed by atoms with van der Waals surface area (Å²) in [4.78, 5) is 17.8. The highest BCUT2D eigenvalue weighted by Gasteiger charge is 2.05. The summed E-state index contributed by atoms with van der Waals surface area (Å²) in [5.74, 6) is 0.741. The number of benzene rings is 2. The molecule has 0 radical (unpaired) electrons. The lowest BCUT2D eigenvalue weighted by atomic mass is 10.1. The van der Waals surface area contributed by atoms with Crippen LogP contribution in [-0.4, -0.2) is 42.5 Å². The maximum atomic E-state index is 10.7. The minimum atomic E-state index is -0.405. The molecule has 0 fully saturated rings. The maximum Gasteiger partial charge on any atom is 0.269 e. The number of guanidine groups is 1. The van der Waals surface area contributed by atoms with E-state index in [2.05, 4.69) is 44.3 Å². The van der Waals surface area contributed by atoms with Crippen molar-refractivity contribution in [1.29, 1.82) is 0 Å². The van der Waals surface area contributed by atoms with Crippen LogP contribution in [0.5, 0.6) is 0 Å². The number of hydrogen-bond acceptors (Lipinski definition) is 4. The predicted molar refractivity (Wildman–Crippen MR) is 113 cm³/mol. The van der Waals surface area contributed by atoms with Crippen molar-refractivity contribution in [2.75, 3.05) is 32.0 Å². The average molecular weight is 380 g/mol. The van der Waals surface area contributed by atoms with Gasteiger partial charge in [-0.1, -0.05) is 18.2 Å². The van der Waals surface area contributed by atoms with Crippen molar-refractivity contribution in [2.45, 2.75) is 6.42 Å². The first-order valence-electron chi connectivity index (χ1n) is 9.15. The molecule has 0 aliphatic carbocycles. The highest BCUT2D eigenvalue weighted by atomic mass is 16.6. The summed E-state index contributed by atoms with van der Waals surface area (Å²) in [5, 5.41) is 21.7. The molecule has 4 N–H and O–H groups in total. The summed E-state index contributed by atoms with van der Waals surface area (Å²) in [7, 11) is 1.74. The monoisotopic (exact) mass is 380 g/mol. The summed E-state index contributed by atoms with van der Waals surface area (Å²) in [5.41, 5.74) is 3.36. The molecule has 1 aromatic heterocycles. The van der Waals surface area contributed by atoms with Crippen molar-refractivity contribution < 1.29 is 4.92 Å². The Kier molecular flexibility index (Phi) is 6.46. The van der Waals surface area contributed by atoms with Crippen molar-refractivity contribution in [1.82, 2.24) is 15.6 Å². The van der Waals surface area contributed by atoms with Crippen LogP contribution in [0, 0.1) is 10.1 Å². The molecule has 0 aliphatic heterocycles. The zero-order chi connectivity index (χ0) is 19.8. The van der Waals surface area contributed by atoms with Crippen molar-refractivity contribution in [3.63, 3.8) is 0 Å². The second kappa shape index (κ2) is 9.40. The largest absolute Gasteiger partial charge is 0.383 e. The number of nitro groups is 1. The lowest BCUT2D eigenvalue weighted by Gasteiger charge is -2.12. The number of aromatic amines is 1. The van der Waals surface area contributed by atoms with Gasteiger partial charge in [-0.05, 0) is 30.2 Å². The fourth-order valence-corrected chi connectivity index (χ4v) is 2.96. The molecular weight excluding hydrogens is 356 g/mol. The summed E-state index contributed by atoms with van der Waals surface area (Å²) in [6.07, 6.45) is 2.95. The van der Waals surface area contributed by atoms with Crippen LogP contribution < -0.4 is 16.0 Å². The van der Waals surface area contributed by atoms with Gasteiger partial charge in [0.05, 0.1) is 4.92 Å². The summed E-state index contributed by atoms with van der Waals surface area (Å²) < 4.78 is 0. The lowest BCUT2D eigenvalue weighted by molar-refractivity contribution is -0.384. The van der Waals surface area contributed by atoms with Crippen LogP contribution in [0.3, 0.4) is 0 Å². The number of rotatable bonds is 8. The number of nitrogens with one attached hydrogen (secondary N) is 4. The second-order valence-corrected chi connectivity index (χ2v) is 6.27. The number of aromatic nitrogens is 1. The number of nitro benzene ring substituents is 1. The third-order valence-electron chi connectivity index (χ3n) is 4.41. The average Bonchev–Trinajstić information content (AvgIpc) is 3.13. The number of non-ortho nitro benzene ring substituents is 1. The minimum Gasteiger partial charge on any atom is -0.383 e. The van der Waals surface area contributed by atoms with Gasteiger partial charge in [0.2, 0.25) is 0 Å². The Morgan fingerprint density at radius 3 is 2.57 bits per heavy atom. The van der Waals surface area contributed by atoms with E-state index in [-0.39, 0.29) is 5.69 Å². The van der Waals surface area contributed by atoms with E-state index < -0.39 is 4.92 Å². The summed E-state index contributed by atoms with van der Waals surface area (Å²) >= 11 is 0. The number of anilines is 1. The molecule has 3 rings (SSSR count). The van der Waals surface area contributed by atoms with Crippen LogP contribution in [-0.2, 0) is 6.42 Å². The topological polar surface area (TPSA) is 107 Å². The van der Waals surface area contributed by atoms with Crippen LogP contribution in [0.15, 0.2) is 59.7 Å². The van der Waals surface area contributed by atoms with E-state index in [4.69, 9.17) is 0 Å². The van der Waals surface area contributed by atoms with Gasteiger partial charge >= 0.3 is 0 Å². The van der Waals surface area contributed by atoms with E-state index in [1.807, 2.05) is 12.1 Å². The van der Waals surface area contributed by atoms with Crippen LogP contribution >= 0.6 is 0 Å². The van der Waals surface area contributed by atoms with Gasteiger partial charge < -0.3 is 20.9 Å². The number of aliphatic imine (C=N–C) groups is 1. The molecule has 0 saturated heterocycles. The predicted octanol–water partition coefficient (Wildman–Crippen LogP) is 2.90. The van der Waals surface area contributed by atoms with Crippen LogP contribution in [0.4, 0.5) is 11.4 Å². The Hall–Kier alpha value is -3.55. The Bertz CT molecular complexity index is 949. The first-order valence-corrected chi connectivity index (χ1v) is 9.15. The van der Waals surface area contributed by atoms with Crippen LogP contribution in [0.25, 0.3) is 10.9 Å². The first kappa shape index (κ1) is 19.2. The van der Waals surface area contributed by atoms with E-state index in [1.165, 1.54) is 23.1 Å². The molecule has 1 heterocycles. The van der Waals surface area contributed by atoms with Gasteiger partial charge in [-0.2, -0.15) is 0 Å². The highest BCUT2D eigenvalue weighted by molar-refractivity contribution is 5.83. The van der Waals surface area contributed by atoms with E-state index in [9.17, 15) is 10.1 Å². The molecule has 146 valence electrons. The first-order chi connectivity index (χ1) is 13.7. The van der Waals surface area contributed by atoms with Gasteiger partial charge in [0.15, 0.2) is 5.96 Å². The Morgan fingerprint density at radius 2 is 1.82 bits per heavy atom. The molecule has 0 amide bonds. The molecule has 0 unspecified atom stereocenters. The summed E-state index contributed by atoms with van der Waals surface area (Å²) in [6.45, 7) is 2.11. The zero-order valence-corrected chi connectivity index (χ0v) is 15.7. The molecule has 0 saturated carbocycles. The SMILES string of the molecule is CN=C(NCCNc1ccc([N+](=O)[O-])cc1)NCCc1c[nH]c2ccccc12. The van der Waals surface area contributed by atoms with Crippen molar-refractivity contribution in [3.05, 3.63) is 70.4 Å². The van der Waals surface area contributed by atoms with E-state index in [0.29, 0.717) is 13.1 Å². The standard InChI is InChI=1S/C20H24N6O2/c1-21-20(23-11-10-15-14-25-19-5-3-2-4-18(15)19)24-13-12-22-16-6-8-17(9-7-16)26(27)28/h2-9,14,22,25H,10-13H2,1H3,(H2,21,23,24). The van der Waals surface area contributed by atoms with Gasteiger partial charge in [-0.3, -0.25) is 15.1 Å². The molecule has 0 atom stereocenters. The smallest absolute Gasteiger partial charge is 0.269 e. The molecule has 2 aromatic carbocycles. The minimum absolute atomic E-state index is 0.0866. The molecule has 8 nitrogen and oxygen atoms in total. The molecule has 0 spiro atoms. The van der Waals surface area contributed by atoms with Crippen LogP contribution in [0.1, 0.15) is 5.56 Å². The van der Waals surface area contributed by atoms with E-state index in [0.717, 1.165) is 30.1 Å². The highest BCUT2D eigenvalue weighted by Crippen LogP contribution is 2.17. The van der Waals surface area contributed by atoms with E-state index in [1.54, 1.807) is 19.2 Å². The molecular formula is C20H24N6O2. The van der Waals surface area contributed by atoms with Gasteiger partial charge in [0.25, 0.3) is 5.69 Å². The Morgan fingerprint density at radius 1 is 1.07 bits per heavy atom. The number of fused-ring (bicyclic) bond motifs is 1. The third-order valence-corrected chi connectivity index (χ3v) is 4.41. The fraction of sp³-hybridized carbons (Fsp3) is 0.250. The van der Waals surface area contributed by atoms with E-state index >= 15 is 0 Å². The van der Waals surface area contributed by atoms with Crippen molar-refractivity contribution in [2.24, 2.45) is 4.99 Å². The number of para-hydroxylation sites is 1. The molecule has 28 heavy (non-hydrogen) atoms. The molecule has 8 heteroatoms. The quantitative estimate of drug-likeness (QED) is 0.158. The van der Waals surface area contributed by atoms with Crippen LogP contribution in [0.2, 0.25) is 0 Å². The third kappa shape index (κ3) is 5.00. The van der Waals surface area contributed by atoms with Crippen molar-refractivity contribution in [3.8, 4) is 0 Å². The van der Waals surface area contributed by atoms with Gasteiger partial charge in [-0.25, -0.2) is 0 Å². The maximum absolute atomic E-state index is 10.7. The van der Waals surface area contributed by atoms with Gasteiger partial charge in [0, 0.05) is 61.6 Å². The second-order valence-electron chi connectivity index (χ2n) is 6.27. The Labute approximate surface area is 163 Å². The number of hydrogen-bond donors (Lipinski definition) is 4. The molecule has 3 aromatic rings. The van der Waals surface area contributed by atoms with Gasteiger partial charge in [0.1, 0.15) is 0 Å². The number of nitrogens with zero attached hydrogens (tertiary/aromatic N) is 2. The number of H-pyrrole nitrogens is 1. The normalized spacial score (nSPS) is 11.4. The molecule has 0 bridgehead atoms.